The van der Waals surface area contributed by atoms with Crippen molar-refractivity contribution in [2.75, 3.05) is 5.32 Å². The van der Waals surface area contributed by atoms with Crippen molar-refractivity contribution in [2.45, 2.75) is 20.3 Å². The number of carbonyl (C=O) groups excluding carboxylic acids is 1. The average molecular weight is 373 g/mol. The largest absolute Gasteiger partial charge is 0.326 e. The quantitative estimate of drug-likeness (QED) is 0.575. The fourth-order valence-electron chi connectivity index (χ4n) is 3.22. The van der Waals surface area contributed by atoms with Crippen molar-refractivity contribution in [3.63, 3.8) is 0 Å². The Balaban J connectivity index is 1.65. The van der Waals surface area contributed by atoms with Gasteiger partial charge in [0.25, 0.3) is 5.56 Å². The number of amides is 1. The number of anilines is 1. The Bertz CT molecular complexity index is 1200. The van der Waals surface area contributed by atoms with Crippen molar-refractivity contribution in [3.05, 3.63) is 81.9 Å². The smallest absolute Gasteiger partial charge is 0.290 e. The number of rotatable bonds is 4. The van der Waals surface area contributed by atoms with Gasteiger partial charge < -0.3 is 5.32 Å². The van der Waals surface area contributed by atoms with Crippen molar-refractivity contribution >= 4 is 17.1 Å². The maximum atomic E-state index is 12.5. The predicted molar refractivity (Wildman–Crippen MR) is 107 cm³/mol. The van der Waals surface area contributed by atoms with Crippen LogP contribution in [0.3, 0.4) is 0 Å². The molecule has 140 valence electrons. The molecule has 0 atom stereocenters. The summed E-state index contributed by atoms with van der Waals surface area (Å²) in [6.45, 7) is 3.95. The summed E-state index contributed by atoms with van der Waals surface area (Å²) in [7, 11) is 0. The number of benzene rings is 2. The molecule has 2 N–H and O–H groups in total. The zero-order valence-electron chi connectivity index (χ0n) is 15.6. The molecule has 7 heteroatoms. The number of nitrogens with zero attached hydrogens (tertiary/aromatic N) is 3. The van der Waals surface area contributed by atoms with Gasteiger partial charge in [0.2, 0.25) is 5.91 Å². The molecule has 4 aromatic rings. The van der Waals surface area contributed by atoms with Crippen LogP contribution in [0.4, 0.5) is 5.69 Å². The fraction of sp³-hybridized carbons (Fsp3) is 0.143. The molecule has 0 radical (unpaired) electrons. The number of aromatic nitrogens is 4. The number of hydrogen-bond donors (Lipinski definition) is 2. The number of H-pyrrole nitrogens is 1. The standard InChI is InChI=1S/C21H19N5O2/c1-13-8-14(2)10-16(9-13)22-20(27)12-19-23-24-21(28)18-11-17(25-26(18)19)15-6-4-3-5-7-15/h3-11H,12H2,1-2H3,(H,22,27)(H,24,28). The first-order valence-electron chi connectivity index (χ1n) is 8.90. The second-order valence-electron chi connectivity index (χ2n) is 6.76. The number of hydrogen-bond acceptors (Lipinski definition) is 4. The molecule has 0 aliphatic rings. The van der Waals surface area contributed by atoms with E-state index < -0.39 is 0 Å². The second kappa shape index (κ2) is 7.11. The summed E-state index contributed by atoms with van der Waals surface area (Å²) in [6.07, 6.45) is -0.0177. The minimum absolute atomic E-state index is 0.0177. The molecule has 0 unspecified atom stereocenters. The molecule has 0 aliphatic heterocycles. The summed E-state index contributed by atoms with van der Waals surface area (Å²) in [6, 6.07) is 17.1. The van der Waals surface area contributed by atoms with Crippen LogP contribution in [0.15, 0.2) is 59.4 Å². The van der Waals surface area contributed by atoms with Crippen LogP contribution in [0.25, 0.3) is 16.8 Å². The summed E-state index contributed by atoms with van der Waals surface area (Å²) in [5, 5.41) is 13.8. The lowest BCUT2D eigenvalue weighted by Gasteiger charge is -2.08. The van der Waals surface area contributed by atoms with Crippen LogP contribution in [0, 0.1) is 13.8 Å². The molecule has 7 nitrogen and oxygen atoms in total. The Morgan fingerprint density at radius 1 is 1.07 bits per heavy atom. The van der Waals surface area contributed by atoms with Gasteiger partial charge in [0.1, 0.15) is 5.52 Å². The van der Waals surface area contributed by atoms with Crippen LogP contribution in [0.5, 0.6) is 0 Å². The molecule has 0 bridgehead atoms. The van der Waals surface area contributed by atoms with Crippen LogP contribution in [0.2, 0.25) is 0 Å². The summed E-state index contributed by atoms with van der Waals surface area (Å²) in [5.41, 5.74) is 4.40. The van der Waals surface area contributed by atoms with E-state index in [-0.39, 0.29) is 17.9 Å². The molecule has 0 saturated carbocycles. The molecule has 0 spiro atoms. The number of carbonyl (C=O) groups is 1. The summed E-state index contributed by atoms with van der Waals surface area (Å²) < 4.78 is 1.43. The van der Waals surface area contributed by atoms with E-state index in [4.69, 9.17) is 0 Å². The molecule has 0 saturated heterocycles. The fourth-order valence-corrected chi connectivity index (χ4v) is 3.22. The first kappa shape index (κ1) is 17.7. The molecule has 0 fully saturated rings. The lowest BCUT2D eigenvalue weighted by atomic mass is 10.1. The normalized spacial score (nSPS) is 10.9. The summed E-state index contributed by atoms with van der Waals surface area (Å²) >= 11 is 0. The Labute approximate surface area is 161 Å². The lowest BCUT2D eigenvalue weighted by Crippen LogP contribution is -2.22. The molecule has 4 rings (SSSR count). The molecular formula is C21H19N5O2. The predicted octanol–water partition coefficient (Wildman–Crippen LogP) is 2.88. The van der Waals surface area contributed by atoms with Gasteiger partial charge in [0, 0.05) is 11.3 Å². The van der Waals surface area contributed by atoms with E-state index in [1.807, 2.05) is 62.4 Å². The Morgan fingerprint density at radius 3 is 2.50 bits per heavy atom. The van der Waals surface area contributed by atoms with E-state index in [0.29, 0.717) is 17.0 Å². The molecular weight excluding hydrogens is 354 g/mol. The average Bonchev–Trinajstić information content (AvgIpc) is 3.10. The lowest BCUT2D eigenvalue weighted by molar-refractivity contribution is -0.115. The van der Waals surface area contributed by atoms with E-state index in [0.717, 1.165) is 22.4 Å². The van der Waals surface area contributed by atoms with E-state index in [2.05, 4.69) is 20.6 Å². The van der Waals surface area contributed by atoms with E-state index >= 15 is 0 Å². The first-order valence-corrected chi connectivity index (χ1v) is 8.90. The third kappa shape index (κ3) is 3.55. The topological polar surface area (TPSA) is 92.1 Å². The van der Waals surface area contributed by atoms with Gasteiger partial charge in [-0.05, 0) is 43.2 Å². The van der Waals surface area contributed by atoms with Gasteiger partial charge >= 0.3 is 0 Å². The third-order valence-electron chi connectivity index (χ3n) is 4.37. The second-order valence-corrected chi connectivity index (χ2v) is 6.76. The molecule has 2 aromatic carbocycles. The highest BCUT2D eigenvalue weighted by atomic mass is 16.1. The Morgan fingerprint density at radius 2 is 1.79 bits per heavy atom. The molecule has 0 aliphatic carbocycles. The number of fused-ring (bicyclic) bond motifs is 1. The van der Waals surface area contributed by atoms with Crippen molar-refractivity contribution in [1.29, 1.82) is 0 Å². The van der Waals surface area contributed by atoms with Crippen LogP contribution in [0.1, 0.15) is 17.0 Å². The van der Waals surface area contributed by atoms with Crippen molar-refractivity contribution in [1.82, 2.24) is 19.8 Å². The minimum Gasteiger partial charge on any atom is -0.326 e. The maximum Gasteiger partial charge on any atom is 0.290 e. The van der Waals surface area contributed by atoms with Crippen LogP contribution in [-0.2, 0) is 11.2 Å². The van der Waals surface area contributed by atoms with E-state index in [9.17, 15) is 9.59 Å². The van der Waals surface area contributed by atoms with Gasteiger partial charge in [-0.2, -0.15) is 10.2 Å². The van der Waals surface area contributed by atoms with Gasteiger partial charge in [0.15, 0.2) is 5.82 Å². The first-order chi connectivity index (χ1) is 13.5. The highest BCUT2D eigenvalue weighted by Gasteiger charge is 2.15. The third-order valence-corrected chi connectivity index (χ3v) is 4.37. The number of aryl methyl sites for hydroxylation is 2. The van der Waals surface area contributed by atoms with Crippen molar-refractivity contribution < 1.29 is 4.79 Å². The zero-order chi connectivity index (χ0) is 19.7. The van der Waals surface area contributed by atoms with Crippen LogP contribution < -0.4 is 10.9 Å². The minimum atomic E-state index is -0.354. The maximum absolute atomic E-state index is 12.5. The number of aromatic amines is 1. The van der Waals surface area contributed by atoms with Gasteiger partial charge in [0.05, 0.1) is 12.1 Å². The van der Waals surface area contributed by atoms with Crippen molar-refractivity contribution in [3.8, 4) is 11.3 Å². The Kier molecular flexibility index (Phi) is 4.49. The summed E-state index contributed by atoms with van der Waals surface area (Å²) in [4.78, 5) is 24.7. The van der Waals surface area contributed by atoms with Crippen molar-refractivity contribution in [2.24, 2.45) is 0 Å². The van der Waals surface area contributed by atoms with E-state index in [1.54, 1.807) is 6.07 Å². The van der Waals surface area contributed by atoms with Gasteiger partial charge in [-0.25, -0.2) is 9.61 Å². The molecule has 2 aromatic heterocycles. The van der Waals surface area contributed by atoms with Gasteiger partial charge in [-0.3, -0.25) is 9.59 Å². The molecule has 1 amide bonds. The van der Waals surface area contributed by atoms with Gasteiger partial charge in [-0.1, -0.05) is 36.4 Å². The molecule has 2 heterocycles. The monoisotopic (exact) mass is 373 g/mol. The summed E-state index contributed by atoms with van der Waals surface area (Å²) in [5.74, 6) is 0.126. The van der Waals surface area contributed by atoms with Gasteiger partial charge in [-0.15, -0.1) is 0 Å². The Hall–Kier alpha value is -3.74. The van der Waals surface area contributed by atoms with Crippen LogP contribution >= 0.6 is 0 Å². The van der Waals surface area contributed by atoms with Crippen LogP contribution in [-0.4, -0.2) is 25.7 Å². The highest BCUT2D eigenvalue weighted by molar-refractivity contribution is 5.92. The zero-order valence-corrected chi connectivity index (χ0v) is 15.6. The van der Waals surface area contributed by atoms with E-state index in [1.165, 1.54) is 4.52 Å². The molecule has 28 heavy (non-hydrogen) atoms. The SMILES string of the molecule is Cc1cc(C)cc(NC(=O)Cc2n[nH]c(=O)c3cc(-c4ccccc4)nn23)c1. The highest BCUT2D eigenvalue weighted by Crippen LogP contribution is 2.18. The number of nitrogens with one attached hydrogen (secondary N) is 2.